The molecule has 2 heterocycles. The molecule has 2 aromatic heterocycles. The van der Waals surface area contributed by atoms with Crippen LogP contribution in [0.1, 0.15) is 31.5 Å². The Hall–Kier alpha value is -2.59. The molecule has 0 amide bonds. The molecule has 9 nitrogen and oxygen atoms in total. The highest BCUT2D eigenvalue weighted by Crippen LogP contribution is 2.33. The zero-order chi connectivity index (χ0) is 21.3. The molecule has 0 aliphatic carbocycles. The van der Waals surface area contributed by atoms with Gasteiger partial charge in [-0.05, 0) is 31.0 Å². The second-order valence-corrected chi connectivity index (χ2v) is 7.46. The van der Waals surface area contributed by atoms with Crippen LogP contribution in [0.4, 0.5) is 0 Å². The van der Waals surface area contributed by atoms with Gasteiger partial charge in [0.05, 0.1) is 20.0 Å². The lowest BCUT2D eigenvalue weighted by Gasteiger charge is -2.12. The highest BCUT2D eigenvalue weighted by molar-refractivity contribution is 7.98. The van der Waals surface area contributed by atoms with E-state index in [1.54, 1.807) is 21.3 Å². The number of rotatable bonds is 12. The molecule has 3 rings (SSSR count). The lowest BCUT2D eigenvalue weighted by molar-refractivity contribution is 0.189. The van der Waals surface area contributed by atoms with Crippen LogP contribution in [0.2, 0.25) is 0 Å². The third kappa shape index (κ3) is 5.31. The van der Waals surface area contributed by atoms with E-state index in [1.807, 2.05) is 18.2 Å². The maximum absolute atomic E-state index is 5.44. The minimum absolute atomic E-state index is 0.533. The predicted octanol–water partition coefficient (Wildman–Crippen LogP) is 3.63. The van der Waals surface area contributed by atoms with E-state index in [0.29, 0.717) is 29.7 Å². The molecule has 0 saturated carbocycles. The number of methoxy groups -OCH3 is 3. The van der Waals surface area contributed by atoms with E-state index in [0.717, 1.165) is 48.2 Å². The number of hydrogen-bond acceptors (Lipinski definition) is 9. The third-order valence-corrected chi connectivity index (χ3v) is 5.35. The van der Waals surface area contributed by atoms with Crippen LogP contribution >= 0.6 is 11.8 Å². The average molecular weight is 434 g/mol. The Balaban J connectivity index is 1.83. The van der Waals surface area contributed by atoms with Crippen molar-refractivity contribution in [1.29, 1.82) is 0 Å². The van der Waals surface area contributed by atoms with E-state index >= 15 is 0 Å². The molecule has 0 spiro atoms. The molecule has 162 valence electrons. The molecule has 3 aromatic rings. The average Bonchev–Trinajstić information content (AvgIpc) is 3.39. The molecule has 0 N–H and O–H groups in total. The lowest BCUT2D eigenvalue weighted by atomic mass is 10.2. The topological polar surface area (TPSA) is 97.3 Å². The number of nitrogens with zero attached hydrogens (tertiary/aromatic N) is 5. The van der Waals surface area contributed by atoms with Crippen LogP contribution < -0.4 is 9.47 Å². The first kappa shape index (κ1) is 22.1. The number of benzene rings is 1. The van der Waals surface area contributed by atoms with Crippen molar-refractivity contribution in [1.82, 2.24) is 24.9 Å². The van der Waals surface area contributed by atoms with E-state index in [9.17, 15) is 0 Å². The Morgan fingerprint density at radius 2 is 1.93 bits per heavy atom. The second-order valence-electron chi connectivity index (χ2n) is 6.52. The molecule has 0 aliphatic rings. The minimum Gasteiger partial charge on any atom is -0.493 e. The van der Waals surface area contributed by atoms with E-state index in [2.05, 4.69) is 31.8 Å². The van der Waals surface area contributed by atoms with Crippen LogP contribution in [-0.4, -0.2) is 52.8 Å². The van der Waals surface area contributed by atoms with Gasteiger partial charge in [0.15, 0.2) is 28.3 Å². The summed E-state index contributed by atoms with van der Waals surface area (Å²) in [5, 5.41) is 13.6. The van der Waals surface area contributed by atoms with Gasteiger partial charge in [-0.3, -0.25) is 0 Å². The van der Waals surface area contributed by atoms with Gasteiger partial charge in [0.25, 0.3) is 0 Å². The van der Waals surface area contributed by atoms with Gasteiger partial charge in [0.2, 0.25) is 5.89 Å². The van der Waals surface area contributed by atoms with Crippen LogP contribution in [0.3, 0.4) is 0 Å². The highest BCUT2D eigenvalue weighted by Gasteiger charge is 2.17. The van der Waals surface area contributed by atoms with Crippen molar-refractivity contribution >= 4 is 11.8 Å². The Morgan fingerprint density at radius 1 is 1.10 bits per heavy atom. The van der Waals surface area contributed by atoms with Gasteiger partial charge >= 0.3 is 0 Å². The van der Waals surface area contributed by atoms with Crippen LogP contribution in [0, 0.1) is 0 Å². The highest BCUT2D eigenvalue weighted by atomic mass is 32.2. The van der Waals surface area contributed by atoms with Crippen molar-refractivity contribution in [3.63, 3.8) is 0 Å². The number of hydrogen-bond donors (Lipinski definition) is 0. The van der Waals surface area contributed by atoms with Crippen molar-refractivity contribution in [2.24, 2.45) is 0 Å². The first-order valence-corrected chi connectivity index (χ1v) is 10.8. The second kappa shape index (κ2) is 11.0. The summed E-state index contributed by atoms with van der Waals surface area (Å²) in [6, 6.07) is 5.71. The fourth-order valence-electron chi connectivity index (χ4n) is 2.95. The van der Waals surface area contributed by atoms with Crippen molar-refractivity contribution in [3.05, 3.63) is 29.9 Å². The summed E-state index contributed by atoms with van der Waals surface area (Å²) in [5.74, 6) is 3.92. The van der Waals surface area contributed by atoms with Crippen molar-refractivity contribution in [2.45, 2.75) is 43.6 Å². The van der Waals surface area contributed by atoms with Crippen LogP contribution in [-0.2, 0) is 23.5 Å². The first-order chi connectivity index (χ1) is 14.7. The molecule has 0 radical (unpaired) electrons. The quantitative estimate of drug-likeness (QED) is 0.313. The minimum atomic E-state index is 0.533. The number of ether oxygens (including phenoxy) is 3. The third-order valence-electron chi connectivity index (χ3n) is 4.40. The molecular formula is C20H27N5O4S. The normalized spacial score (nSPS) is 11.1. The molecule has 0 aliphatic heterocycles. The smallest absolute Gasteiger partial charge is 0.237 e. The van der Waals surface area contributed by atoms with Gasteiger partial charge in [-0.1, -0.05) is 23.8 Å². The Bertz CT molecular complexity index is 943. The summed E-state index contributed by atoms with van der Waals surface area (Å²) >= 11 is 1.52. The Kier molecular flexibility index (Phi) is 8.09. The molecule has 0 bridgehead atoms. The van der Waals surface area contributed by atoms with Crippen LogP contribution in [0.15, 0.2) is 27.9 Å². The summed E-state index contributed by atoms with van der Waals surface area (Å²) < 4.78 is 23.4. The summed E-state index contributed by atoms with van der Waals surface area (Å²) in [6.45, 7) is 3.46. The number of aromatic nitrogens is 5. The summed E-state index contributed by atoms with van der Waals surface area (Å²) in [5.41, 5.74) is 0.896. The van der Waals surface area contributed by atoms with Gasteiger partial charge in [-0.25, -0.2) is 0 Å². The molecule has 1 aromatic carbocycles. The lowest BCUT2D eigenvalue weighted by Crippen LogP contribution is -2.05. The zero-order valence-corrected chi connectivity index (χ0v) is 18.6. The standard InChI is InChI=1S/C20H27N5O4S/c1-5-7-17-21-18(29-24-17)13-30-20-23-22-19(25(20)10-6-11-26-2)14-8-9-15(27-3)16(12-14)28-4/h8-9,12H,5-7,10-11,13H2,1-4H3. The molecule has 30 heavy (non-hydrogen) atoms. The largest absolute Gasteiger partial charge is 0.493 e. The van der Waals surface area contributed by atoms with Gasteiger partial charge < -0.3 is 23.3 Å². The van der Waals surface area contributed by atoms with E-state index < -0.39 is 0 Å². The predicted molar refractivity (Wildman–Crippen MR) is 113 cm³/mol. The van der Waals surface area contributed by atoms with Crippen molar-refractivity contribution in [2.75, 3.05) is 27.9 Å². The Morgan fingerprint density at radius 3 is 2.67 bits per heavy atom. The van der Waals surface area contributed by atoms with Crippen molar-refractivity contribution < 1.29 is 18.7 Å². The monoisotopic (exact) mass is 433 g/mol. The van der Waals surface area contributed by atoms with Gasteiger partial charge in [0, 0.05) is 32.2 Å². The number of aryl methyl sites for hydroxylation is 1. The van der Waals surface area contributed by atoms with Crippen LogP contribution in [0.5, 0.6) is 11.5 Å². The SMILES string of the molecule is CCCc1noc(CSc2nnc(-c3ccc(OC)c(OC)c3)n2CCCOC)n1. The summed E-state index contributed by atoms with van der Waals surface area (Å²) in [7, 11) is 4.92. The van der Waals surface area contributed by atoms with E-state index in [4.69, 9.17) is 18.7 Å². The molecule has 10 heteroatoms. The Labute approximate surface area is 180 Å². The zero-order valence-electron chi connectivity index (χ0n) is 17.8. The van der Waals surface area contributed by atoms with Crippen molar-refractivity contribution in [3.8, 4) is 22.9 Å². The molecule has 0 atom stereocenters. The summed E-state index contributed by atoms with van der Waals surface area (Å²) in [6.07, 6.45) is 2.63. The first-order valence-electron chi connectivity index (χ1n) is 9.78. The maximum Gasteiger partial charge on any atom is 0.237 e. The van der Waals surface area contributed by atoms with E-state index in [-0.39, 0.29) is 0 Å². The maximum atomic E-state index is 5.44. The molecule has 0 saturated heterocycles. The molecule has 0 fully saturated rings. The van der Waals surface area contributed by atoms with Gasteiger partial charge in [-0.2, -0.15) is 4.98 Å². The van der Waals surface area contributed by atoms with Gasteiger partial charge in [0.1, 0.15) is 0 Å². The fraction of sp³-hybridized carbons (Fsp3) is 0.500. The molecular weight excluding hydrogens is 406 g/mol. The van der Waals surface area contributed by atoms with Crippen LogP contribution in [0.25, 0.3) is 11.4 Å². The van der Waals surface area contributed by atoms with E-state index in [1.165, 1.54) is 11.8 Å². The number of thioether (sulfide) groups is 1. The fourth-order valence-corrected chi connectivity index (χ4v) is 3.76. The van der Waals surface area contributed by atoms with Gasteiger partial charge in [-0.15, -0.1) is 10.2 Å². The summed E-state index contributed by atoms with van der Waals surface area (Å²) in [4.78, 5) is 4.42. The molecule has 0 unspecified atom stereocenters.